The Morgan fingerprint density at radius 1 is 1.26 bits per heavy atom. The van der Waals surface area contributed by atoms with Crippen molar-refractivity contribution in [3.8, 4) is 0 Å². The van der Waals surface area contributed by atoms with E-state index in [1.54, 1.807) is 18.2 Å². The molecule has 0 spiro atoms. The summed E-state index contributed by atoms with van der Waals surface area (Å²) >= 11 is 0. The monoisotopic (exact) mass is 318 g/mol. The minimum Gasteiger partial charge on any atom is -0.478 e. The van der Waals surface area contributed by atoms with Crippen LogP contribution >= 0.6 is 0 Å². The number of rotatable bonds is 5. The standard InChI is InChI=1S/C17H22N2O4/c1-12(20)18-11-13-5-7-19(8-6-13)16(21)10-14-3-2-4-15(9-14)17(22)23/h2-4,9,13H,5-8,10-11H2,1H3,(H,18,20)(H,22,23). The topological polar surface area (TPSA) is 86.7 Å². The Morgan fingerprint density at radius 2 is 1.96 bits per heavy atom. The number of nitrogens with zero attached hydrogens (tertiary/aromatic N) is 1. The Labute approximate surface area is 135 Å². The summed E-state index contributed by atoms with van der Waals surface area (Å²) in [6, 6.07) is 6.49. The second-order valence-electron chi connectivity index (χ2n) is 5.94. The van der Waals surface area contributed by atoms with Crippen molar-refractivity contribution in [1.82, 2.24) is 10.2 Å². The first-order valence-electron chi connectivity index (χ1n) is 7.80. The third-order valence-corrected chi connectivity index (χ3v) is 4.14. The van der Waals surface area contributed by atoms with Crippen LogP contribution in [-0.2, 0) is 16.0 Å². The zero-order chi connectivity index (χ0) is 16.8. The molecular formula is C17H22N2O4. The fourth-order valence-electron chi connectivity index (χ4n) is 2.78. The highest BCUT2D eigenvalue weighted by molar-refractivity contribution is 5.88. The Morgan fingerprint density at radius 3 is 2.57 bits per heavy atom. The summed E-state index contributed by atoms with van der Waals surface area (Å²) in [5.74, 6) is -0.580. The predicted octanol–water partition coefficient (Wildman–Crippen LogP) is 1.30. The number of benzene rings is 1. The van der Waals surface area contributed by atoms with Gasteiger partial charge in [0.15, 0.2) is 0 Å². The van der Waals surface area contributed by atoms with E-state index in [1.807, 2.05) is 4.90 Å². The van der Waals surface area contributed by atoms with Crippen molar-refractivity contribution in [2.24, 2.45) is 5.92 Å². The van der Waals surface area contributed by atoms with Gasteiger partial charge in [-0.2, -0.15) is 0 Å². The Kier molecular flexibility index (Phi) is 5.73. The van der Waals surface area contributed by atoms with Gasteiger partial charge in [0.05, 0.1) is 12.0 Å². The average Bonchev–Trinajstić information content (AvgIpc) is 2.53. The molecule has 6 heteroatoms. The van der Waals surface area contributed by atoms with E-state index in [0.717, 1.165) is 18.4 Å². The van der Waals surface area contributed by atoms with E-state index in [1.165, 1.54) is 13.0 Å². The number of amides is 2. The van der Waals surface area contributed by atoms with Gasteiger partial charge in [0.2, 0.25) is 11.8 Å². The molecule has 2 N–H and O–H groups in total. The Balaban J connectivity index is 1.84. The SMILES string of the molecule is CC(=O)NCC1CCN(C(=O)Cc2cccc(C(=O)O)c2)CC1. The van der Waals surface area contributed by atoms with E-state index in [9.17, 15) is 14.4 Å². The summed E-state index contributed by atoms with van der Waals surface area (Å²) in [5, 5.41) is 11.8. The van der Waals surface area contributed by atoms with Crippen molar-refractivity contribution in [1.29, 1.82) is 0 Å². The van der Waals surface area contributed by atoms with E-state index in [4.69, 9.17) is 5.11 Å². The first-order valence-corrected chi connectivity index (χ1v) is 7.80. The molecule has 0 aliphatic carbocycles. The molecule has 124 valence electrons. The van der Waals surface area contributed by atoms with E-state index in [-0.39, 0.29) is 23.8 Å². The highest BCUT2D eigenvalue weighted by atomic mass is 16.4. The normalized spacial score (nSPS) is 15.3. The summed E-state index contributed by atoms with van der Waals surface area (Å²) in [5.41, 5.74) is 0.916. The lowest BCUT2D eigenvalue weighted by atomic mass is 9.96. The lowest BCUT2D eigenvalue weighted by Gasteiger charge is -2.32. The number of nitrogens with one attached hydrogen (secondary N) is 1. The van der Waals surface area contributed by atoms with Crippen LogP contribution in [0.1, 0.15) is 35.7 Å². The lowest BCUT2D eigenvalue weighted by Crippen LogP contribution is -2.41. The summed E-state index contributed by atoms with van der Waals surface area (Å²) in [6.07, 6.45) is 1.97. The first kappa shape index (κ1) is 17.0. The molecule has 1 aliphatic heterocycles. The fourth-order valence-corrected chi connectivity index (χ4v) is 2.78. The van der Waals surface area contributed by atoms with Crippen LogP contribution in [0.2, 0.25) is 0 Å². The van der Waals surface area contributed by atoms with Crippen LogP contribution in [0.15, 0.2) is 24.3 Å². The summed E-state index contributed by atoms with van der Waals surface area (Å²) in [6.45, 7) is 3.53. The van der Waals surface area contributed by atoms with Gasteiger partial charge in [0.25, 0.3) is 0 Å². The van der Waals surface area contributed by atoms with Crippen LogP contribution in [0.25, 0.3) is 0 Å². The minimum atomic E-state index is -0.988. The van der Waals surface area contributed by atoms with Gasteiger partial charge in [0.1, 0.15) is 0 Å². The van der Waals surface area contributed by atoms with Crippen LogP contribution in [0.5, 0.6) is 0 Å². The zero-order valence-electron chi connectivity index (χ0n) is 13.2. The summed E-state index contributed by atoms with van der Waals surface area (Å²) in [4.78, 5) is 36.0. The molecule has 1 aromatic carbocycles. The van der Waals surface area contributed by atoms with Crippen molar-refractivity contribution in [3.63, 3.8) is 0 Å². The highest BCUT2D eigenvalue weighted by Crippen LogP contribution is 2.17. The van der Waals surface area contributed by atoms with Gasteiger partial charge in [0, 0.05) is 26.6 Å². The molecule has 2 amide bonds. The Hall–Kier alpha value is -2.37. The van der Waals surface area contributed by atoms with E-state index < -0.39 is 5.97 Å². The van der Waals surface area contributed by atoms with Gasteiger partial charge in [-0.05, 0) is 36.5 Å². The average molecular weight is 318 g/mol. The molecule has 0 unspecified atom stereocenters. The molecule has 1 saturated heterocycles. The number of hydrogen-bond donors (Lipinski definition) is 2. The predicted molar refractivity (Wildman–Crippen MR) is 85.1 cm³/mol. The van der Waals surface area contributed by atoms with Crippen LogP contribution < -0.4 is 5.32 Å². The molecule has 1 aliphatic rings. The van der Waals surface area contributed by atoms with Crippen LogP contribution in [0, 0.1) is 5.92 Å². The fraction of sp³-hybridized carbons (Fsp3) is 0.471. The number of carboxylic acid groups (broad SMARTS) is 1. The molecule has 6 nitrogen and oxygen atoms in total. The number of carbonyl (C=O) groups excluding carboxylic acids is 2. The first-order chi connectivity index (χ1) is 11.0. The number of carboxylic acids is 1. The smallest absolute Gasteiger partial charge is 0.335 e. The Bertz CT molecular complexity index is 592. The van der Waals surface area contributed by atoms with Crippen LogP contribution in [0.3, 0.4) is 0 Å². The summed E-state index contributed by atoms with van der Waals surface area (Å²) in [7, 11) is 0. The number of hydrogen-bond acceptors (Lipinski definition) is 3. The number of likely N-dealkylation sites (tertiary alicyclic amines) is 1. The molecule has 0 radical (unpaired) electrons. The van der Waals surface area contributed by atoms with Crippen LogP contribution in [-0.4, -0.2) is 47.4 Å². The summed E-state index contributed by atoms with van der Waals surface area (Å²) < 4.78 is 0. The van der Waals surface area contributed by atoms with E-state index in [2.05, 4.69) is 5.32 Å². The van der Waals surface area contributed by atoms with Gasteiger partial charge in [-0.15, -0.1) is 0 Å². The second kappa shape index (κ2) is 7.76. The third kappa shape index (κ3) is 5.09. The molecule has 1 fully saturated rings. The van der Waals surface area contributed by atoms with E-state index >= 15 is 0 Å². The molecule has 1 heterocycles. The van der Waals surface area contributed by atoms with E-state index in [0.29, 0.717) is 25.6 Å². The van der Waals surface area contributed by atoms with Gasteiger partial charge < -0.3 is 15.3 Å². The quantitative estimate of drug-likeness (QED) is 0.857. The second-order valence-corrected chi connectivity index (χ2v) is 5.94. The number of piperidine rings is 1. The van der Waals surface area contributed by atoms with Gasteiger partial charge in [-0.1, -0.05) is 12.1 Å². The van der Waals surface area contributed by atoms with Crippen molar-refractivity contribution in [2.75, 3.05) is 19.6 Å². The van der Waals surface area contributed by atoms with Crippen molar-refractivity contribution in [3.05, 3.63) is 35.4 Å². The maximum atomic E-state index is 12.3. The molecule has 1 aromatic rings. The molecule has 0 atom stereocenters. The largest absolute Gasteiger partial charge is 0.478 e. The van der Waals surface area contributed by atoms with Crippen molar-refractivity contribution < 1.29 is 19.5 Å². The molecule has 2 rings (SSSR count). The van der Waals surface area contributed by atoms with Gasteiger partial charge in [-0.3, -0.25) is 9.59 Å². The van der Waals surface area contributed by atoms with Gasteiger partial charge in [-0.25, -0.2) is 4.79 Å². The number of carbonyl (C=O) groups is 3. The lowest BCUT2D eigenvalue weighted by molar-refractivity contribution is -0.132. The maximum absolute atomic E-state index is 12.3. The highest BCUT2D eigenvalue weighted by Gasteiger charge is 2.23. The zero-order valence-corrected chi connectivity index (χ0v) is 13.2. The molecule has 23 heavy (non-hydrogen) atoms. The molecule has 0 saturated carbocycles. The number of aromatic carboxylic acids is 1. The molecule has 0 bridgehead atoms. The molecular weight excluding hydrogens is 296 g/mol. The van der Waals surface area contributed by atoms with Crippen molar-refractivity contribution >= 4 is 17.8 Å². The van der Waals surface area contributed by atoms with Crippen molar-refractivity contribution in [2.45, 2.75) is 26.2 Å². The molecule has 0 aromatic heterocycles. The minimum absolute atomic E-state index is 0.0190. The van der Waals surface area contributed by atoms with Gasteiger partial charge >= 0.3 is 5.97 Å². The maximum Gasteiger partial charge on any atom is 0.335 e. The van der Waals surface area contributed by atoms with Crippen LogP contribution in [0.4, 0.5) is 0 Å². The third-order valence-electron chi connectivity index (χ3n) is 4.14.